The van der Waals surface area contributed by atoms with E-state index in [1.165, 1.54) is 4.90 Å². The SMILES string of the molecule is C=C(C(=O)O)N1C(=O)C(C)(C)c2cc(Br)ccc21. The molecule has 4 nitrogen and oxygen atoms in total. The van der Waals surface area contributed by atoms with Gasteiger partial charge in [0, 0.05) is 4.47 Å². The third kappa shape index (κ3) is 1.66. The molecule has 1 aliphatic heterocycles. The molecule has 2 rings (SSSR count). The zero-order chi connectivity index (χ0) is 13.7. The topological polar surface area (TPSA) is 57.6 Å². The molecule has 0 unspecified atom stereocenters. The first-order valence-electron chi connectivity index (χ1n) is 5.33. The van der Waals surface area contributed by atoms with Crippen LogP contribution in [0.25, 0.3) is 0 Å². The fourth-order valence-electron chi connectivity index (χ4n) is 2.07. The van der Waals surface area contributed by atoms with Crippen LogP contribution in [0.15, 0.2) is 34.9 Å². The molecule has 1 heterocycles. The lowest BCUT2D eigenvalue weighted by atomic mass is 9.86. The summed E-state index contributed by atoms with van der Waals surface area (Å²) in [6, 6.07) is 5.33. The van der Waals surface area contributed by atoms with Gasteiger partial charge in [0.05, 0.1) is 11.1 Å². The zero-order valence-electron chi connectivity index (χ0n) is 10.0. The minimum absolute atomic E-state index is 0.228. The van der Waals surface area contributed by atoms with Gasteiger partial charge in [0.1, 0.15) is 5.70 Å². The number of rotatable bonds is 2. The minimum atomic E-state index is -1.20. The summed E-state index contributed by atoms with van der Waals surface area (Å²) in [5, 5.41) is 9.01. The van der Waals surface area contributed by atoms with Crippen molar-refractivity contribution in [3.8, 4) is 0 Å². The number of benzene rings is 1. The maximum Gasteiger partial charge on any atom is 0.352 e. The fraction of sp³-hybridized carbons (Fsp3) is 0.231. The van der Waals surface area contributed by atoms with Gasteiger partial charge in [0.15, 0.2) is 0 Å². The predicted octanol–water partition coefficient (Wildman–Crippen LogP) is 2.67. The van der Waals surface area contributed by atoms with Gasteiger partial charge in [-0.1, -0.05) is 22.5 Å². The number of halogens is 1. The van der Waals surface area contributed by atoms with Gasteiger partial charge in [-0.3, -0.25) is 9.69 Å². The summed E-state index contributed by atoms with van der Waals surface area (Å²) in [6.07, 6.45) is 0. The van der Waals surface area contributed by atoms with Crippen molar-refractivity contribution in [1.29, 1.82) is 0 Å². The van der Waals surface area contributed by atoms with Crippen molar-refractivity contribution in [2.24, 2.45) is 0 Å². The van der Waals surface area contributed by atoms with Gasteiger partial charge in [0.2, 0.25) is 5.91 Å². The van der Waals surface area contributed by atoms with Crippen LogP contribution in [-0.2, 0) is 15.0 Å². The summed E-state index contributed by atoms with van der Waals surface area (Å²) in [6.45, 7) is 7.01. The van der Waals surface area contributed by atoms with Crippen molar-refractivity contribution in [3.05, 3.63) is 40.5 Å². The number of carbonyl (C=O) groups is 2. The molecule has 1 amide bonds. The lowest BCUT2D eigenvalue weighted by Crippen LogP contribution is -2.37. The molecule has 0 aliphatic carbocycles. The summed E-state index contributed by atoms with van der Waals surface area (Å²) in [5.41, 5.74) is 0.399. The van der Waals surface area contributed by atoms with E-state index in [0.29, 0.717) is 5.69 Å². The monoisotopic (exact) mass is 309 g/mol. The second kappa shape index (κ2) is 3.95. The molecule has 1 aliphatic rings. The first-order chi connectivity index (χ1) is 8.26. The molecule has 1 aromatic rings. The molecule has 1 N–H and O–H groups in total. The molecule has 0 saturated heterocycles. The number of hydrogen-bond donors (Lipinski definition) is 1. The van der Waals surface area contributed by atoms with Crippen molar-refractivity contribution in [3.63, 3.8) is 0 Å². The molecule has 0 radical (unpaired) electrons. The van der Waals surface area contributed by atoms with Gasteiger partial charge >= 0.3 is 5.97 Å². The van der Waals surface area contributed by atoms with Gasteiger partial charge in [-0.2, -0.15) is 0 Å². The minimum Gasteiger partial charge on any atom is -0.477 e. The quantitative estimate of drug-likeness (QED) is 0.855. The van der Waals surface area contributed by atoms with Crippen LogP contribution in [0.4, 0.5) is 5.69 Å². The Hall–Kier alpha value is -1.62. The third-order valence-electron chi connectivity index (χ3n) is 3.13. The number of anilines is 1. The molecule has 0 saturated carbocycles. The van der Waals surface area contributed by atoms with Gasteiger partial charge in [-0.25, -0.2) is 4.79 Å². The Morgan fingerprint density at radius 1 is 1.44 bits per heavy atom. The van der Waals surface area contributed by atoms with Crippen LogP contribution in [-0.4, -0.2) is 17.0 Å². The predicted molar refractivity (Wildman–Crippen MR) is 71.4 cm³/mol. The van der Waals surface area contributed by atoms with Gasteiger partial charge in [0.25, 0.3) is 0 Å². The Morgan fingerprint density at radius 2 is 2.06 bits per heavy atom. The van der Waals surface area contributed by atoms with Crippen LogP contribution in [0.3, 0.4) is 0 Å². The van der Waals surface area contributed by atoms with E-state index in [2.05, 4.69) is 22.5 Å². The molecule has 0 aromatic heterocycles. The number of aliphatic carboxylic acids is 1. The van der Waals surface area contributed by atoms with Crippen molar-refractivity contribution in [2.75, 3.05) is 4.90 Å². The van der Waals surface area contributed by atoms with E-state index in [-0.39, 0.29) is 11.6 Å². The Balaban J connectivity index is 2.65. The number of fused-ring (bicyclic) bond motifs is 1. The highest BCUT2D eigenvalue weighted by molar-refractivity contribution is 9.10. The largest absolute Gasteiger partial charge is 0.477 e. The van der Waals surface area contributed by atoms with Crippen LogP contribution in [0, 0.1) is 0 Å². The average Bonchev–Trinajstić information content (AvgIpc) is 2.48. The normalized spacial score (nSPS) is 16.6. The summed E-state index contributed by atoms with van der Waals surface area (Å²) in [7, 11) is 0. The first-order valence-corrected chi connectivity index (χ1v) is 6.13. The number of carboxylic acid groups (broad SMARTS) is 1. The molecule has 1 aromatic carbocycles. The van der Waals surface area contributed by atoms with E-state index >= 15 is 0 Å². The number of nitrogens with zero attached hydrogens (tertiary/aromatic N) is 1. The standard InChI is InChI=1S/C13H12BrNO3/c1-7(11(16)17)15-10-5-4-8(14)6-9(10)13(2,3)12(15)18/h4-6H,1H2,2-3H3,(H,16,17). The molecule has 5 heteroatoms. The molecule has 0 atom stereocenters. The molecule has 0 fully saturated rings. The van der Waals surface area contributed by atoms with E-state index in [1.807, 2.05) is 6.07 Å². The fourth-order valence-corrected chi connectivity index (χ4v) is 2.43. The number of hydrogen-bond acceptors (Lipinski definition) is 2. The Kier molecular flexibility index (Phi) is 2.81. The highest BCUT2D eigenvalue weighted by Gasteiger charge is 2.45. The van der Waals surface area contributed by atoms with E-state index in [0.717, 1.165) is 10.0 Å². The van der Waals surface area contributed by atoms with Crippen molar-refractivity contribution in [1.82, 2.24) is 0 Å². The highest BCUT2D eigenvalue weighted by atomic mass is 79.9. The highest BCUT2D eigenvalue weighted by Crippen LogP contribution is 2.44. The zero-order valence-corrected chi connectivity index (χ0v) is 11.6. The van der Waals surface area contributed by atoms with Crippen LogP contribution in [0.2, 0.25) is 0 Å². The summed E-state index contributed by atoms with van der Waals surface area (Å²) >= 11 is 3.35. The lowest BCUT2D eigenvalue weighted by molar-refractivity contribution is -0.134. The van der Waals surface area contributed by atoms with Crippen molar-refractivity contribution >= 4 is 33.5 Å². The van der Waals surface area contributed by atoms with Gasteiger partial charge in [-0.05, 0) is 37.6 Å². The number of carbonyl (C=O) groups excluding carboxylic acids is 1. The van der Waals surface area contributed by atoms with Crippen LogP contribution in [0.1, 0.15) is 19.4 Å². The summed E-state index contributed by atoms with van der Waals surface area (Å²) in [5.74, 6) is -1.47. The smallest absolute Gasteiger partial charge is 0.352 e. The second-order valence-electron chi connectivity index (χ2n) is 4.68. The van der Waals surface area contributed by atoms with Crippen molar-refractivity contribution in [2.45, 2.75) is 19.3 Å². The third-order valence-corrected chi connectivity index (χ3v) is 3.62. The molecular formula is C13H12BrNO3. The molecular weight excluding hydrogens is 298 g/mol. The Morgan fingerprint density at radius 3 is 2.61 bits per heavy atom. The molecule has 0 spiro atoms. The maximum absolute atomic E-state index is 12.3. The van der Waals surface area contributed by atoms with Crippen LogP contribution in [0.5, 0.6) is 0 Å². The van der Waals surface area contributed by atoms with E-state index < -0.39 is 11.4 Å². The van der Waals surface area contributed by atoms with Crippen molar-refractivity contribution < 1.29 is 14.7 Å². The second-order valence-corrected chi connectivity index (χ2v) is 5.59. The van der Waals surface area contributed by atoms with Gasteiger partial charge in [-0.15, -0.1) is 0 Å². The van der Waals surface area contributed by atoms with Crippen LogP contribution >= 0.6 is 15.9 Å². The van der Waals surface area contributed by atoms with Gasteiger partial charge < -0.3 is 5.11 Å². The summed E-state index contributed by atoms with van der Waals surface area (Å²) < 4.78 is 0.852. The first kappa shape index (κ1) is 12.8. The number of amides is 1. The average molecular weight is 310 g/mol. The molecule has 18 heavy (non-hydrogen) atoms. The van der Waals surface area contributed by atoms with Crippen LogP contribution < -0.4 is 4.90 Å². The van der Waals surface area contributed by atoms with E-state index in [4.69, 9.17) is 5.11 Å². The Labute approximate surface area is 113 Å². The Bertz CT molecular complexity index is 578. The molecule has 0 bridgehead atoms. The summed E-state index contributed by atoms with van der Waals surface area (Å²) in [4.78, 5) is 24.5. The lowest BCUT2D eigenvalue weighted by Gasteiger charge is -2.19. The maximum atomic E-state index is 12.3. The molecule has 94 valence electrons. The van der Waals surface area contributed by atoms with E-state index in [1.54, 1.807) is 26.0 Å². The van der Waals surface area contributed by atoms with E-state index in [9.17, 15) is 9.59 Å². The number of carboxylic acids is 1.